The summed E-state index contributed by atoms with van der Waals surface area (Å²) < 4.78 is 33.8. The van der Waals surface area contributed by atoms with Crippen molar-refractivity contribution in [2.75, 3.05) is 30.0 Å². The lowest BCUT2D eigenvalue weighted by Crippen LogP contribution is -2.36. The van der Waals surface area contributed by atoms with Crippen LogP contribution >= 0.6 is 0 Å². The Morgan fingerprint density at radius 2 is 1.68 bits per heavy atom. The largest absolute Gasteiger partial charge is 0.490 e. The van der Waals surface area contributed by atoms with E-state index in [9.17, 15) is 18.0 Å². The van der Waals surface area contributed by atoms with Crippen molar-refractivity contribution in [3.05, 3.63) is 43.2 Å². The van der Waals surface area contributed by atoms with Crippen LogP contribution in [0.4, 0.5) is 36.3 Å². The van der Waals surface area contributed by atoms with E-state index in [0.29, 0.717) is 29.5 Å². The summed E-state index contributed by atoms with van der Waals surface area (Å²) >= 11 is 0. The first-order valence-electron chi connectivity index (χ1n) is 13.1. The highest BCUT2D eigenvalue weighted by molar-refractivity contribution is 5.99. The third-order valence-electron chi connectivity index (χ3n) is 6.58. The second-order valence-electron chi connectivity index (χ2n) is 10.1. The molecule has 0 aliphatic heterocycles. The summed E-state index contributed by atoms with van der Waals surface area (Å²) in [6.45, 7) is 7.71. The van der Waals surface area contributed by atoms with Gasteiger partial charge in [0.2, 0.25) is 11.9 Å². The Morgan fingerprint density at radius 1 is 1.10 bits per heavy atom. The van der Waals surface area contributed by atoms with Crippen molar-refractivity contribution in [3.8, 4) is 0 Å². The number of fused-ring (bicyclic) bond motifs is 1. The molecule has 4 N–H and O–H groups in total. The number of hydrogen-bond acceptors (Lipinski definition) is 8. The molecule has 11 nitrogen and oxygen atoms in total. The molecule has 0 saturated heterocycles. The summed E-state index contributed by atoms with van der Waals surface area (Å²) in [5.74, 6) is -1.74. The van der Waals surface area contributed by atoms with Gasteiger partial charge < -0.3 is 30.5 Å². The fourth-order valence-electron chi connectivity index (χ4n) is 4.33. The fourth-order valence-corrected chi connectivity index (χ4v) is 4.33. The second-order valence-corrected chi connectivity index (χ2v) is 10.1. The molecule has 14 heteroatoms. The summed E-state index contributed by atoms with van der Waals surface area (Å²) in [6, 6.07) is 8.66. The Balaban J connectivity index is 0.000000587. The van der Waals surface area contributed by atoms with E-state index >= 15 is 0 Å². The number of aliphatic carboxylic acids is 1. The van der Waals surface area contributed by atoms with Gasteiger partial charge in [-0.05, 0) is 84.0 Å². The number of amides is 1. The van der Waals surface area contributed by atoms with Gasteiger partial charge in [-0.25, -0.2) is 9.78 Å². The normalized spacial score (nSPS) is 17.1. The van der Waals surface area contributed by atoms with E-state index in [2.05, 4.69) is 64.9 Å². The summed E-state index contributed by atoms with van der Waals surface area (Å²) in [7, 11) is 4.31. The molecule has 41 heavy (non-hydrogen) atoms. The number of carbonyl (C=O) groups is 2. The summed E-state index contributed by atoms with van der Waals surface area (Å²) in [5, 5.41) is 16.8. The molecule has 0 bridgehead atoms. The van der Waals surface area contributed by atoms with Gasteiger partial charge in [0.1, 0.15) is 0 Å². The van der Waals surface area contributed by atoms with Crippen molar-refractivity contribution in [2.24, 2.45) is 0 Å². The van der Waals surface area contributed by atoms with Crippen LogP contribution in [0, 0.1) is 0 Å². The summed E-state index contributed by atoms with van der Waals surface area (Å²) in [6.07, 6.45) is 2.49. The van der Waals surface area contributed by atoms with Crippen LogP contribution in [-0.2, 0) is 9.59 Å². The molecule has 0 atom stereocenters. The van der Waals surface area contributed by atoms with Gasteiger partial charge in [-0.3, -0.25) is 4.79 Å². The van der Waals surface area contributed by atoms with Gasteiger partial charge in [-0.2, -0.15) is 23.1 Å². The van der Waals surface area contributed by atoms with Gasteiger partial charge in [-0.15, -0.1) is 0 Å². The molecule has 1 saturated carbocycles. The molecule has 1 aliphatic carbocycles. The average Bonchev–Trinajstić information content (AvgIpc) is 3.34. The number of aromatic nitrogens is 4. The molecular weight excluding hydrogens is 541 g/mol. The Bertz CT molecular complexity index is 1350. The average molecular weight is 577 g/mol. The minimum absolute atomic E-state index is 0.226. The number of alkyl halides is 3. The van der Waals surface area contributed by atoms with Gasteiger partial charge >= 0.3 is 12.1 Å². The third-order valence-corrected chi connectivity index (χ3v) is 6.58. The quantitative estimate of drug-likeness (QED) is 0.267. The molecule has 4 rings (SSSR count). The zero-order valence-corrected chi connectivity index (χ0v) is 23.4. The molecule has 1 fully saturated rings. The maximum absolute atomic E-state index is 11.5. The van der Waals surface area contributed by atoms with Crippen molar-refractivity contribution >= 4 is 46.2 Å². The lowest BCUT2D eigenvalue weighted by molar-refractivity contribution is -0.192. The van der Waals surface area contributed by atoms with E-state index in [0.717, 1.165) is 42.5 Å². The Hall–Kier alpha value is -4.20. The number of imidazole rings is 1. The number of halogens is 3. The van der Waals surface area contributed by atoms with E-state index in [1.807, 2.05) is 30.6 Å². The first-order valence-corrected chi connectivity index (χ1v) is 13.1. The van der Waals surface area contributed by atoms with Crippen LogP contribution in [0.1, 0.15) is 45.6 Å². The van der Waals surface area contributed by atoms with Crippen molar-refractivity contribution in [3.63, 3.8) is 0 Å². The molecule has 3 aromatic rings. The van der Waals surface area contributed by atoms with Crippen LogP contribution in [0.5, 0.6) is 0 Å². The number of hydrogen-bond donors (Lipinski definition) is 4. The predicted octanol–water partition coefficient (Wildman–Crippen LogP) is 5.19. The van der Waals surface area contributed by atoms with E-state index < -0.39 is 12.1 Å². The lowest BCUT2D eigenvalue weighted by Gasteiger charge is -2.33. The molecule has 1 aromatic carbocycles. The number of carboxylic acid groups (broad SMARTS) is 1. The van der Waals surface area contributed by atoms with Gasteiger partial charge in [0.15, 0.2) is 17.0 Å². The van der Waals surface area contributed by atoms with Crippen molar-refractivity contribution < 1.29 is 27.9 Å². The van der Waals surface area contributed by atoms with E-state index in [1.54, 1.807) is 0 Å². The number of carbonyl (C=O) groups excluding carboxylic acids is 1. The standard InChI is InChI=1S/C25H34N8O.C2HF3O2/c1-6-21(34)27-17-7-9-18(10-8-17)28-23-22-24(33(15-26-22)16(2)3)31-25(30-23)29-19-11-13-20(14-12-19)32(4)5;3-2(4,5)1(6)7/h6-10,15-16,19-20H,1,11-14H2,2-5H3,(H,27,34)(H2,28,29,30,31);(H,6,7). The highest BCUT2D eigenvalue weighted by atomic mass is 19.4. The zero-order chi connectivity index (χ0) is 30.3. The molecule has 1 aliphatic rings. The van der Waals surface area contributed by atoms with Gasteiger partial charge in [0, 0.05) is 29.5 Å². The van der Waals surface area contributed by atoms with Crippen LogP contribution in [0.3, 0.4) is 0 Å². The van der Waals surface area contributed by atoms with Crippen molar-refractivity contribution in [1.82, 2.24) is 24.4 Å². The summed E-state index contributed by atoms with van der Waals surface area (Å²) in [4.78, 5) is 37.0. The zero-order valence-electron chi connectivity index (χ0n) is 23.4. The molecule has 2 heterocycles. The van der Waals surface area contributed by atoms with Crippen LogP contribution in [0.15, 0.2) is 43.2 Å². The maximum atomic E-state index is 11.5. The Kier molecular flexibility index (Phi) is 10.3. The number of anilines is 4. The SMILES string of the molecule is C=CC(=O)Nc1ccc(Nc2nc(NC3CCC(N(C)C)CC3)nc3c2ncn3C(C)C)cc1.O=C(O)C(F)(F)F. The smallest absolute Gasteiger partial charge is 0.475 e. The number of rotatable bonds is 8. The number of benzene rings is 1. The summed E-state index contributed by atoms with van der Waals surface area (Å²) in [5.41, 5.74) is 3.06. The van der Waals surface area contributed by atoms with Gasteiger partial charge in [-0.1, -0.05) is 6.58 Å². The Morgan fingerprint density at radius 3 is 2.20 bits per heavy atom. The molecular formula is C27H35F3N8O3. The van der Waals surface area contributed by atoms with Crippen molar-refractivity contribution in [2.45, 2.75) is 63.8 Å². The van der Waals surface area contributed by atoms with Crippen molar-refractivity contribution in [1.29, 1.82) is 0 Å². The van der Waals surface area contributed by atoms with Gasteiger partial charge in [0.05, 0.1) is 6.33 Å². The highest BCUT2D eigenvalue weighted by Crippen LogP contribution is 2.29. The van der Waals surface area contributed by atoms with Crippen LogP contribution in [0.25, 0.3) is 11.2 Å². The van der Waals surface area contributed by atoms with Crippen LogP contribution in [0.2, 0.25) is 0 Å². The minimum Gasteiger partial charge on any atom is -0.475 e. The van der Waals surface area contributed by atoms with Crippen LogP contribution in [-0.4, -0.2) is 73.8 Å². The number of nitrogens with one attached hydrogen (secondary N) is 3. The lowest BCUT2D eigenvalue weighted by atomic mass is 9.91. The molecule has 2 aromatic heterocycles. The van der Waals surface area contributed by atoms with Crippen LogP contribution < -0.4 is 16.0 Å². The molecule has 222 valence electrons. The fraction of sp³-hybridized carbons (Fsp3) is 0.444. The maximum Gasteiger partial charge on any atom is 0.490 e. The molecule has 0 radical (unpaired) electrons. The third kappa shape index (κ3) is 8.64. The first kappa shape index (κ1) is 31.3. The minimum atomic E-state index is -5.08. The number of nitrogens with zero attached hydrogens (tertiary/aromatic N) is 5. The van der Waals surface area contributed by atoms with E-state index in [4.69, 9.17) is 19.9 Å². The molecule has 1 amide bonds. The van der Waals surface area contributed by atoms with E-state index in [1.165, 1.54) is 6.08 Å². The predicted molar refractivity (Wildman–Crippen MR) is 151 cm³/mol. The molecule has 0 unspecified atom stereocenters. The van der Waals surface area contributed by atoms with E-state index in [-0.39, 0.29) is 11.9 Å². The second kappa shape index (κ2) is 13.4. The molecule has 0 spiro atoms. The van der Waals surface area contributed by atoms with Gasteiger partial charge in [0.25, 0.3) is 0 Å². The topological polar surface area (TPSA) is 137 Å². The Labute approximate surface area is 235 Å². The highest BCUT2D eigenvalue weighted by Gasteiger charge is 2.38. The number of carboxylic acids is 1. The first-order chi connectivity index (χ1) is 19.3. The monoisotopic (exact) mass is 576 g/mol.